The Labute approximate surface area is 128 Å². The fraction of sp³-hybridized carbons (Fsp3) is 0.500. The molecule has 0 saturated carbocycles. The molecule has 0 aromatic heterocycles. The van der Waals surface area contributed by atoms with E-state index < -0.39 is 30.4 Å². The first-order valence-corrected chi connectivity index (χ1v) is 7.31. The van der Waals surface area contributed by atoms with Gasteiger partial charge in [-0.3, -0.25) is 4.79 Å². The molecular formula is C14H14BrF4NO. The van der Waals surface area contributed by atoms with Crippen LogP contribution in [0.1, 0.15) is 28.8 Å². The minimum absolute atomic E-state index is 0.00471. The molecule has 0 bridgehead atoms. The molecule has 1 heterocycles. The number of likely N-dealkylation sites (tertiary alicyclic amines) is 1. The molecule has 0 aliphatic carbocycles. The van der Waals surface area contributed by atoms with Crippen LogP contribution in [0.5, 0.6) is 0 Å². The molecule has 21 heavy (non-hydrogen) atoms. The highest BCUT2D eigenvalue weighted by Crippen LogP contribution is 2.34. The van der Waals surface area contributed by atoms with E-state index in [1.54, 1.807) is 6.92 Å². The Morgan fingerprint density at radius 3 is 2.67 bits per heavy atom. The van der Waals surface area contributed by atoms with Gasteiger partial charge in [0.25, 0.3) is 5.91 Å². The second-order valence-corrected chi connectivity index (χ2v) is 5.98. The van der Waals surface area contributed by atoms with Crippen molar-refractivity contribution in [1.82, 2.24) is 4.90 Å². The van der Waals surface area contributed by atoms with E-state index in [2.05, 4.69) is 15.9 Å². The fourth-order valence-electron chi connectivity index (χ4n) is 2.44. The topological polar surface area (TPSA) is 20.3 Å². The lowest BCUT2D eigenvalue weighted by molar-refractivity contribution is -0.184. The molecule has 1 atom stereocenters. The van der Waals surface area contributed by atoms with Gasteiger partial charge in [0.15, 0.2) is 0 Å². The minimum atomic E-state index is -4.33. The van der Waals surface area contributed by atoms with Gasteiger partial charge in [0.2, 0.25) is 0 Å². The van der Waals surface area contributed by atoms with Crippen LogP contribution in [0.4, 0.5) is 17.6 Å². The van der Waals surface area contributed by atoms with Crippen molar-refractivity contribution in [2.45, 2.75) is 25.9 Å². The summed E-state index contributed by atoms with van der Waals surface area (Å²) in [5.74, 6) is -2.97. The highest BCUT2D eigenvalue weighted by atomic mass is 79.9. The number of hydrogen-bond donors (Lipinski definition) is 0. The Hall–Kier alpha value is -1.11. The van der Waals surface area contributed by atoms with E-state index in [-0.39, 0.29) is 24.9 Å². The predicted octanol–water partition coefficient (Wildman–Crippen LogP) is 4.31. The summed E-state index contributed by atoms with van der Waals surface area (Å²) in [6.45, 7) is 1.49. The summed E-state index contributed by atoms with van der Waals surface area (Å²) in [5, 5.41) is 0. The molecule has 1 amide bonds. The molecule has 1 aliphatic heterocycles. The second kappa shape index (κ2) is 5.94. The van der Waals surface area contributed by atoms with Crippen LogP contribution in [0, 0.1) is 18.7 Å². The van der Waals surface area contributed by atoms with Crippen LogP contribution in [0.3, 0.4) is 0 Å². The van der Waals surface area contributed by atoms with Crippen molar-refractivity contribution in [2.24, 2.45) is 5.92 Å². The maximum absolute atomic E-state index is 13.9. The second-order valence-electron chi connectivity index (χ2n) is 5.19. The SMILES string of the molecule is Cc1ccc(F)c(C(=O)N2CCCC(C(F)(F)F)C2)c1Br. The first-order valence-electron chi connectivity index (χ1n) is 6.52. The van der Waals surface area contributed by atoms with Crippen LogP contribution in [0.25, 0.3) is 0 Å². The lowest BCUT2D eigenvalue weighted by Crippen LogP contribution is -2.45. The average molecular weight is 368 g/mol. The number of rotatable bonds is 1. The molecule has 1 fully saturated rings. The summed E-state index contributed by atoms with van der Waals surface area (Å²) in [6, 6.07) is 2.66. The average Bonchev–Trinajstić information content (AvgIpc) is 2.42. The van der Waals surface area contributed by atoms with E-state index in [4.69, 9.17) is 0 Å². The van der Waals surface area contributed by atoms with Crippen molar-refractivity contribution in [3.8, 4) is 0 Å². The number of carbonyl (C=O) groups excluding carboxylic acids is 1. The summed E-state index contributed by atoms with van der Waals surface area (Å²) in [6.07, 6.45) is -4.06. The van der Waals surface area contributed by atoms with Crippen molar-refractivity contribution < 1.29 is 22.4 Å². The van der Waals surface area contributed by atoms with Gasteiger partial charge in [-0.2, -0.15) is 13.2 Å². The Balaban J connectivity index is 2.27. The molecule has 0 radical (unpaired) electrons. The third-order valence-electron chi connectivity index (χ3n) is 3.67. The van der Waals surface area contributed by atoms with Gasteiger partial charge in [-0.1, -0.05) is 6.07 Å². The molecule has 116 valence electrons. The highest BCUT2D eigenvalue weighted by molar-refractivity contribution is 9.10. The lowest BCUT2D eigenvalue weighted by Gasteiger charge is -2.34. The number of halogens is 5. The number of benzene rings is 1. The molecule has 0 N–H and O–H groups in total. The van der Waals surface area contributed by atoms with E-state index in [0.717, 1.165) is 11.0 Å². The molecule has 2 rings (SSSR count). The largest absolute Gasteiger partial charge is 0.393 e. The number of piperidine rings is 1. The Kier molecular flexibility index (Phi) is 4.60. The van der Waals surface area contributed by atoms with Gasteiger partial charge in [-0.15, -0.1) is 0 Å². The van der Waals surface area contributed by atoms with Gasteiger partial charge in [0.1, 0.15) is 5.82 Å². The van der Waals surface area contributed by atoms with E-state index in [1.807, 2.05) is 0 Å². The van der Waals surface area contributed by atoms with E-state index in [9.17, 15) is 22.4 Å². The zero-order valence-corrected chi connectivity index (χ0v) is 12.9. The van der Waals surface area contributed by atoms with Crippen molar-refractivity contribution in [3.63, 3.8) is 0 Å². The molecule has 7 heteroatoms. The summed E-state index contributed by atoms with van der Waals surface area (Å²) in [5.41, 5.74) is 0.460. The van der Waals surface area contributed by atoms with Gasteiger partial charge in [0.05, 0.1) is 11.5 Å². The van der Waals surface area contributed by atoms with Crippen LogP contribution < -0.4 is 0 Å². The molecule has 1 saturated heterocycles. The number of carbonyl (C=O) groups is 1. The van der Waals surface area contributed by atoms with Crippen molar-refractivity contribution >= 4 is 21.8 Å². The quantitative estimate of drug-likeness (QED) is 0.677. The molecule has 1 aromatic carbocycles. The van der Waals surface area contributed by atoms with Gasteiger partial charge >= 0.3 is 6.18 Å². The molecule has 1 aromatic rings. The summed E-state index contributed by atoms with van der Waals surface area (Å²) < 4.78 is 52.5. The minimum Gasteiger partial charge on any atom is -0.338 e. The molecule has 1 aliphatic rings. The van der Waals surface area contributed by atoms with E-state index in [1.165, 1.54) is 6.07 Å². The number of amides is 1. The van der Waals surface area contributed by atoms with Crippen LogP contribution in [-0.4, -0.2) is 30.1 Å². The van der Waals surface area contributed by atoms with Gasteiger partial charge < -0.3 is 4.90 Å². The van der Waals surface area contributed by atoms with E-state index in [0.29, 0.717) is 10.0 Å². The third-order valence-corrected chi connectivity index (χ3v) is 4.69. The smallest absolute Gasteiger partial charge is 0.338 e. The zero-order chi connectivity index (χ0) is 15.8. The van der Waals surface area contributed by atoms with Gasteiger partial charge in [0, 0.05) is 17.6 Å². The Morgan fingerprint density at radius 2 is 2.05 bits per heavy atom. The van der Waals surface area contributed by atoms with Crippen LogP contribution in [0.2, 0.25) is 0 Å². The standard InChI is InChI=1S/C14H14BrF4NO/c1-8-4-5-10(16)11(12(8)15)13(21)20-6-2-3-9(7-20)14(17,18)19/h4-5,9H,2-3,6-7H2,1H3. The number of aryl methyl sites for hydroxylation is 1. The third kappa shape index (κ3) is 3.39. The normalized spacial score (nSPS) is 19.7. The highest BCUT2D eigenvalue weighted by Gasteiger charge is 2.43. The van der Waals surface area contributed by atoms with Crippen LogP contribution in [0.15, 0.2) is 16.6 Å². The Bertz CT molecular complexity index is 559. The molecule has 0 spiro atoms. The summed E-state index contributed by atoms with van der Waals surface area (Å²) >= 11 is 3.14. The maximum Gasteiger partial charge on any atom is 0.393 e. The summed E-state index contributed by atoms with van der Waals surface area (Å²) in [7, 11) is 0. The fourth-order valence-corrected chi connectivity index (χ4v) is 2.93. The molecule has 1 unspecified atom stereocenters. The van der Waals surface area contributed by atoms with Crippen molar-refractivity contribution in [1.29, 1.82) is 0 Å². The lowest BCUT2D eigenvalue weighted by atomic mass is 9.96. The van der Waals surface area contributed by atoms with Crippen molar-refractivity contribution in [2.75, 3.05) is 13.1 Å². The molecular weight excluding hydrogens is 354 g/mol. The predicted molar refractivity (Wildman–Crippen MR) is 73.5 cm³/mol. The number of hydrogen-bond acceptors (Lipinski definition) is 1. The molecule has 2 nitrogen and oxygen atoms in total. The first kappa shape index (κ1) is 16.3. The maximum atomic E-state index is 13.9. The summed E-state index contributed by atoms with van der Waals surface area (Å²) in [4.78, 5) is 13.4. The zero-order valence-electron chi connectivity index (χ0n) is 11.3. The monoisotopic (exact) mass is 367 g/mol. The number of nitrogens with zero attached hydrogens (tertiary/aromatic N) is 1. The van der Waals surface area contributed by atoms with Crippen LogP contribution >= 0.6 is 15.9 Å². The number of alkyl halides is 3. The van der Waals surface area contributed by atoms with Crippen LogP contribution in [-0.2, 0) is 0 Å². The first-order chi connectivity index (χ1) is 9.71. The Morgan fingerprint density at radius 1 is 1.38 bits per heavy atom. The van der Waals surface area contributed by atoms with Crippen molar-refractivity contribution in [3.05, 3.63) is 33.5 Å². The van der Waals surface area contributed by atoms with Gasteiger partial charge in [-0.05, 0) is 47.3 Å². The van der Waals surface area contributed by atoms with Gasteiger partial charge in [-0.25, -0.2) is 4.39 Å². The van der Waals surface area contributed by atoms with E-state index >= 15 is 0 Å².